The molecular weight excluding hydrogens is 354 g/mol. The summed E-state index contributed by atoms with van der Waals surface area (Å²) >= 11 is 0. The number of nitrogens with zero attached hydrogens (tertiary/aromatic N) is 3. The molecule has 154 valence electrons. The van der Waals surface area contributed by atoms with Gasteiger partial charge in [-0.25, -0.2) is 0 Å². The molecule has 2 N–H and O–H groups in total. The predicted molar refractivity (Wildman–Crippen MR) is 114 cm³/mol. The van der Waals surface area contributed by atoms with Crippen LogP contribution >= 0.6 is 0 Å². The van der Waals surface area contributed by atoms with Crippen molar-refractivity contribution in [2.45, 2.75) is 39.7 Å². The Morgan fingerprint density at radius 2 is 1.75 bits per heavy atom. The first kappa shape index (κ1) is 21.6. The van der Waals surface area contributed by atoms with Gasteiger partial charge in [-0.05, 0) is 56.9 Å². The van der Waals surface area contributed by atoms with Crippen LogP contribution in [0, 0.1) is 13.8 Å². The quantitative estimate of drug-likeness (QED) is 0.373. The maximum absolute atomic E-state index is 5.36. The highest BCUT2D eigenvalue weighted by molar-refractivity contribution is 5.79. The van der Waals surface area contributed by atoms with Crippen molar-refractivity contribution in [3.8, 4) is 11.5 Å². The van der Waals surface area contributed by atoms with Crippen LogP contribution < -0.4 is 20.1 Å². The number of hydrogen-bond donors (Lipinski definition) is 2. The van der Waals surface area contributed by atoms with Gasteiger partial charge in [0.1, 0.15) is 0 Å². The molecule has 0 unspecified atom stereocenters. The number of nitrogens with one attached hydrogen (secondary N) is 2. The SMILES string of the molecule is CN=C(NCCCc1ccc(OC)c(OC)c1)NCCCn1nc(C)cc1C. The molecule has 1 aromatic carbocycles. The van der Waals surface area contributed by atoms with Crippen molar-refractivity contribution in [3.63, 3.8) is 0 Å². The van der Waals surface area contributed by atoms with Gasteiger partial charge in [0.05, 0.1) is 19.9 Å². The smallest absolute Gasteiger partial charge is 0.190 e. The van der Waals surface area contributed by atoms with E-state index in [1.165, 1.54) is 11.3 Å². The van der Waals surface area contributed by atoms with E-state index in [-0.39, 0.29) is 0 Å². The van der Waals surface area contributed by atoms with E-state index in [0.717, 1.165) is 62.0 Å². The van der Waals surface area contributed by atoms with Gasteiger partial charge in [-0.1, -0.05) is 6.07 Å². The second-order valence-electron chi connectivity index (χ2n) is 6.72. The standard InChI is InChI=1S/C21H33N5O2/c1-16-14-17(2)26(25-16)13-7-12-24-21(22-3)23-11-6-8-18-9-10-19(27-4)20(15-18)28-5/h9-10,14-15H,6-8,11-13H2,1-5H3,(H2,22,23,24). The van der Waals surface area contributed by atoms with Gasteiger partial charge in [-0.2, -0.15) is 5.10 Å². The Labute approximate surface area is 168 Å². The van der Waals surface area contributed by atoms with Gasteiger partial charge in [-0.15, -0.1) is 0 Å². The van der Waals surface area contributed by atoms with Gasteiger partial charge in [0.2, 0.25) is 0 Å². The van der Waals surface area contributed by atoms with Gasteiger partial charge in [-0.3, -0.25) is 9.67 Å². The first-order chi connectivity index (χ1) is 13.6. The summed E-state index contributed by atoms with van der Waals surface area (Å²) in [5.74, 6) is 2.36. The summed E-state index contributed by atoms with van der Waals surface area (Å²) in [6.07, 6.45) is 2.96. The number of aryl methyl sites for hydroxylation is 4. The minimum Gasteiger partial charge on any atom is -0.493 e. The largest absolute Gasteiger partial charge is 0.493 e. The molecule has 0 amide bonds. The molecule has 0 fully saturated rings. The molecule has 0 bridgehead atoms. The Balaban J connectivity index is 1.66. The first-order valence-electron chi connectivity index (χ1n) is 9.74. The Kier molecular flexibility index (Phi) is 8.65. The second kappa shape index (κ2) is 11.2. The summed E-state index contributed by atoms with van der Waals surface area (Å²) in [7, 11) is 5.11. The number of guanidine groups is 1. The monoisotopic (exact) mass is 387 g/mol. The highest BCUT2D eigenvalue weighted by atomic mass is 16.5. The molecule has 0 aliphatic heterocycles. The fourth-order valence-corrected chi connectivity index (χ4v) is 3.09. The maximum Gasteiger partial charge on any atom is 0.190 e. The number of rotatable bonds is 10. The molecule has 2 aromatic rings. The molecule has 0 saturated carbocycles. The van der Waals surface area contributed by atoms with Crippen molar-refractivity contribution in [3.05, 3.63) is 41.2 Å². The number of aliphatic imine (C=N–C) groups is 1. The molecule has 1 heterocycles. The number of ether oxygens (including phenoxy) is 2. The molecule has 0 saturated heterocycles. The summed E-state index contributed by atoms with van der Waals surface area (Å²) in [6.45, 7) is 6.73. The van der Waals surface area contributed by atoms with Crippen LogP contribution in [0.3, 0.4) is 0 Å². The molecular formula is C21H33N5O2. The lowest BCUT2D eigenvalue weighted by Crippen LogP contribution is -2.38. The summed E-state index contributed by atoms with van der Waals surface area (Å²) < 4.78 is 12.7. The molecule has 7 heteroatoms. The van der Waals surface area contributed by atoms with Crippen LogP contribution in [0.15, 0.2) is 29.3 Å². The van der Waals surface area contributed by atoms with E-state index in [4.69, 9.17) is 9.47 Å². The van der Waals surface area contributed by atoms with Crippen LogP contribution in [-0.4, -0.2) is 50.1 Å². The molecule has 28 heavy (non-hydrogen) atoms. The lowest BCUT2D eigenvalue weighted by Gasteiger charge is -2.13. The summed E-state index contributed by atoms with van der Waals surface area (Å²) in [5.41, 5.74) is 3.50. The van der Waals surface area contributed by atoms with Crippen LogP contribution in [0.25, 0.3) is 0 Å². The molecule has 0 atom stereocenters. The minimum atomic E-state index is 0.759. The number of hydrogen-bond acceptors (Lipinski definition) is 4. The molecule has 1 aromatic heterocycles. The topological polar surface area (TPSA) is 72.7 Å². The number of benzene rings is 1. The van der Waals surface area contributed by atoms with Gasteiger partial charge in [0, 0.05) is 32.4 Å². The normalized spacial score (nSPS) is 11.4. The molecule has 7 nitrogen and oxygen atoms in total. The van der Waals surface area contributed by atoms with Crippen molar-refractivity contribution in [2.75, 3.05) is 34.4 Å². The molecule has 0 aliphatic rings. The van der Waals surface area contributed by atoms with Crippen LogP contribution in [-0.2, 0) is 13.0 Å². The predicted octanol–water partition coefficient (Wildman–Crippen LogP) is 2.71. The number of methoxy groups -OCH3 is 2. The summed E-state index contributed by atoms with van der Waals surface area (Å²) in [5, 5.41) is 11.2. The van der Waals surface area contributed by atoms with E-state index in [1.807, 2.05) is 19.1 Å². The van der Waals surface area contributed by atoms with Gasteiger partial charge in [0.15, 0.2) is 17.5 Å². The molecule has 0 radical (unpaired) electrons. The molecule has 0 spiro atoms. The van der Waals surface area contributed by atoms with Crippen LogP contribution in [0.4, 0.5) is 0 Å². The second-order valence-corrected chi connectivity index (χ2v) is 6.72. The van der Waals surface area contributed by atoms with Crippen molar-refractivity contribution < 1.29 is 9.47 Å². The van der Waals surface area contributed by atoms with Crippen LogP contribution in [0.5, 0.6) is 11.5 Å². The third-order valence-corrected chi connectivity index (χ3v) is 4.55. The Morgan fingerprint density at radius 3 is 2.36 bits per heavy atom. The summed E-state index contributed by atoms with van der Waals surface area (Å²) in [4.78, 5) is 4.28. The van der Waals surface area contributed by atoms with Crippen molar-refractivity contribution in [1.82, 2.24) is 20.4 Å². The number of aromatic nitrogens is 2. The highest BCUT2D eigenvalue weighted by Gasteiger charge is 2.05. The van der Waals surface area contributed by atoms with E-state index < -0.39 is 0 Å². The fourth-order valence-electron chi connectivity index (χ4n) is 3.09. The zero-order valence-electron chi connectivity index (χ0n) is 17.7. The van der Waals surface area contributed by atoms with Crippen molar-refractivity contribution >= 4 is 5.96 Å². The van der Waals surface area contributed by atoms with Gasteiger partial charge < -0.3 is 20.1 Å². The van der Waals surface area contributed by atoms with E-state index >= 15 is 0 Å². The third-order valence-electron chi connectivity index (χ3n) is 4.55. The summed E-state index contributed by atoms with van der Waals surface area (Å²) in [6, 6.07) is 8.16. The van der Waals surface area contributed by atoms with E-state index in [2.05, 4.69) is 44.5 Å². The maximum atomic E-state index is 5.36. The average molecular weight is 388 g/mol. The fraction of sp³-hybridized carbons (Fsp3) is 0.524. The lowest BCUT2D eigenvalue weighted by molar-refractivity contribution is 0.354. The Hall–Kier alpha value is -2.70. The Morgan fingerprint density at radius 1 is 1.04 bits per heavy atom. The van der Waals surface area contributed by atoms with E-state index in [9.17, 15) is 0 Å². The van der Waals surface area contributed by atoms with E-state index in [0.29, 0.717) is 0 Å². The average Bonchev–Trinajstić information content (AvgIpc) is 3.03. The lowest BCUT2D eigenvalue weighted by atomic mass is 10.1. The third kappa shape index (κ3) is 6.48. The highest BCUT2D eigenvalue weighted by Crippen LogP contribution is 2.27. The molecule has 0 aliphatic carbocycles. The van der Waals surface area contributed by atoms with Crippen LogP contribution in [0.1, 0.15) is 29.8 Å². The first-order valence-corrected chi connectivity index (χ1v) is 9.74. The van der Waals surface area contributed by atoms with Gasteiger partial charge in [0.25, 0.3) is 0 Å². The van der Waals surface area contributed by atoms with Crippen molar-refractivity contribution in [2.24, 2.45) is 4.99 Å². The van der Waals surface area contributed by atoms with Crippen molar-refractivity contribution in [1.29, 1.82) is 0 Å². The molecule has 2 rings (SSSR count). The van der Waals surface area contributed by atoms with Gasteiger partial charge >= 0.3 is 0 Å². The Bertz CT molecular complexity index is 770. The minimum absolute atomic E-state index is 0.759. The van der Waals surface area contributed by atoms with Crippen LogP contribution in [0.2, 0.25) is 0 Å². The van der Waals surface area contributed by atoms with E-state index in [1.54, 1.807) is 21.3 Å². The zero-order valence-corrected chi connectivity index (χ0v) is 17.7. The zero-order chi connectivity index (χ0) is 20.4.